The van der Waals surface area contributed by atoms with E-state index in [1.165, 1.54) is 0 Å². The molecule has 0 saturated carbocycles. The number of nitrogens with zero attached hydrogens (tertiary/aromatic N) is 2. The molecule has 1 aliphatic rings. The Bertz CT molecular complexity index is 849. The molecule has 1 aliphatic heterocycles. The summed E-state index contributed by atoms with van der Waals surface area (Å²) in [5.41, 5.74) is 3.01. The van der Waals surface area contributed by atoms with E-state index < -0.39 is 0 Å². The maximum atomic E-state index is 13.2. The molecule has 0 aliphatic carbocycles. The molecule has 0 radical (unpaired) electrons. The summed E-state index contributed by atoms with van der Waals surface area (Å²) in [5, 5.41) is 11.3. The molecule has 136 valence electrons. The Kier molecular flexibility index (Phi) is 5.74. The fourth-order valence-electron chi connectivity index (χ4n) is 4.18. The minimum Gasteiger partial charge on any atom is -0.303 e. The van der Waals surface area contributed by atoms with Crippen molar-refractivity contribution in [1.82, 2.24) is 4.90 Å². The van der Waals surface area contributed by atoms with Crippen LogP contribution >= 0.6 is 0 Å². The summed E-state index contributed by atoms with van der Waals surface area (Å²) in [6, 6.07) is 12.4. The SMILES string of the molecule is CCCN1CCC(C)C(C(=O)c2ccc3c(CC#N)c(C)ccc3c2)C1. The van der Waals surface area contributed by atoms with Crippen LogP contribution in [0, 0.1) is 30.1 Å². The zero-order valence-electron chi connectivity index (χ0n) is 16.1. The lowest BCUT2D eigenvalue weighted by Gasteiger charge is -2.36. The summed E-state index contributed by atoms with van der Waals surface area (Å²) in [5.74, 6) is 0.776. The smallest absolute Gasteiger partial charge is 0.167 e. The van der Waals surface area contributed by atoms with E-state index in [0.717, 1.165) is 59.9 Å². The molecule has 2 aromatic carbocycles. The van der Waals surface area contributed by atoms with E-state index in [0.29, 0.717) is 12.3 Å². The van der Waals surface area contributed by atoms with E-state index in [4.69, 9.17) is 5.26 Å². The molecule has 0 bridgehead atoms. The zero-order chi connectivity index (χ0) is 18.7. The third-order valence-electron chi connectivity index (χ3n) is 5.82. The van der Waals surface area contributed by atoms with Crippen LogP contribution in [0.1, 0.15) is 48.2 Å². The maximum absolute atomic E-state index is 13.2. The molecule has 0 amide bonds. The van der Waals surface area contributed by atoms with Gasteiger partial charge in [0.1, 0.15) is 0 Å². The molecule has 3 rings (SSSR count). The molecular formula is C23H28N2O. The number of likely N-dealkylation sites (tertiary alicyclic amines) is 1. The van der Waals surface area contributed by atoms with Crippen molar-refractivity contribution < 1.29 is 4.79 Å². The van der Waals surface area contributed by atoms with Crippen LogP contribution in [0.3, 0.4) is 0 Å². The number of aryl methyl sites for hydroxylation is 1. The van der Waals surface area contributed by atoms with E-state index in [1.807, 2.05) is 25.1 Å². The Labute approximate surface area is 156 Å². The van der Waals surface area contributed by atoms with Gasteiger partial charge in [-0.1, -0.05) is 38.1 Å². The van der Waals surface area contributed by atoms with Gasteiger partial charge in [-0.05, 0) is 66.7 Å². The van der Waals surface area contributed by atoms with Gasteiger partial charge in [-0.15, -0.1) is 0 Å². The van der Waals surface area contributed by atoms with E-state index in [9.17, 15) is 4.79 Å². The Morgan fingerprint density at radius 2 is 2.12 bits per heavy atom. The van der Waals surface area contributed by atoms with Crippen molar-refractivity contribution in [3.63, 3.8) is 0 Å². The minimum atomic E-state index is 0.0803. The number of ketones is 1. The van der Waals surface area contributed by atoms with Gasteiger partial charge in [0, 0.05) is 18.0 Å². The summed E-state index contributed by atoms with van der Waals surface area (Å²) in [6.07, 6.45) is 2.63. The Morgan fingerprint density at radius 3 is 2.85 bits per heavy atom. The summed E-state index contributed by atoms with van der Waals surface area (Å²) in [6.45, 7) is 9.50. The van der Waals surface area contributed by atoms with Gasteiger partial charge in [0.05, 0.1) is 12.5 Å². The lowest BCUT2D eigenvalue weighted by Crippen LogP contribution is -2.43. The molecular weight excluding hydrogens is 320 g/mol. The fourth-order valence-corrected chi connectivity index (χ4v) is 4.18. The first kappa shape index (κ1) is 18.6. The van der Waals surface area contributed by atoms with Gasteiger partial charge < -0.3 is 4.90 Å². The van der Waals surface area contributed by atoms with Crippen molar-refractivity contribution in [3.8, 4) is 6.07 Å². The summed E-state index contributed by atoms with van der Waals surface area (Å²) in [7, 11) is 0. The van der Waals surface area contributed by atoms with Crippen LogP contribution in [0.2, 0.25) is 0 Å². The standard InChI is InChI=1S/C23H28N2O/c1-4-12-25-13-10-17(3)22(15-25)23(26)19-7-8-21-18(14-19)6-5-16(2)20(21)9-11-24/h5-8,14,17,22H,4,9-10,12-13,15H2,1-3H3. The molecule has 2 aromatic rings. The number of carbonyl (C=O) groups excluding carboxylic acids is 1. The van der Waals surface area contributed by atoms with Crippen molar-refractivity contribution in [3.05, 3.63) is 47.0 Å². The number of piperidine rings is 1. The largest absolute Gasteiger partial charge is 0.303 e. The normalized spacial score (nSPS) is 20.8. The van der Waals surface area contributed by atoms with Gasteiger partial charge in [0.15, 0.2) is 5.78 Å². The molecule has 0 spiro atoms. The van der Waals surface area contributed by atoms with E-state index >= 15 is 0 Å². The number of rotatable bonds is 5. The second-order valence-corrected chi connectivity index (χ2v) is 7.67. The van der Waals surface area contributed by atoms with Crippen LogP contribution < -0.4 is 0 Å². The molecule has 3 heteroatoms. The first-order chi connectivity index (χ1) is 12.5. The van der Waals surface area contributed by atoms with E-state index in [1.54, 1.807) is 0 Å². The quantitative estimate of drug-likeness (QED) is 0.731. The van der Waals surface area contributed by atoms with Gasteiger partial charge in [0.2, 0.25) is 0 Å². The molecule has 0 N–H and O–H groups in total. The minimum absolute atomic E-state index is 0.0803. The molecule has 3 nitrogen and oxygen atoms in total. The second kappa shape index (κ2) is 8.01. The van der Waals surface area contributed by atoms with Crippen LogP contribution in [0.15, 0.2) is 30.3 Å². The van der Waals surface area contributed by atoms with Crippen molar-refractivity contribution in [2.45, 2.75) is 40.0 Å². The number of benzene rings is 2. The molecule has 0 aromatic heterocycles. The lowest BCUT2D eigenvalue weighted by atomic mass is 9.81. The number of hydrogen-bond acceptors (Lipinski definition) is 3. The first-order valence-corrected chi connectivity index (χ1v) is 9.71. The van der Waals surface area contributed by atoms with Crippen LogP contribution in [-0.2, 0) is 6.42 Å². The predicted molar refractivity (Wildman–Crippen MR) is 106 cm³/mol. The average Bonchev–Trinajstić information content (AvgIpc) is 2.65. The predicted octanol–water partition coefficient (Wildman–Crippen LogP) is 4.77. The van der Waals surface area contributed by atoms with Crippen molar-refractivity contribution in [2.24, 2.45) is 11.8 Å². The summed E-state index contributed by atoms with van der Waals surface area (Å²) in [4.78, 5) is 15.6. The van der Waals surface area contributed by atoms with Gasteiger partial charge in [-0.25, -0.2) is 0 Å². The summed E-state index contributed by atoms with van der Waals surface area (Å²) < 4.78 is 0. The van der Waals surface area contributed by atoms with Gasteiger partial charge in [-0.2, -0.15) is 5.26 Å². The fraction of sp³-hybridized carbons (Fsp3) is 0.478. The highest BCUT2D eigenvalue weighted by Gasteiger charge is 2.31. The number of carbonyl (C=O) groups is 1. The third-order valence-corrected chi connectivity index (χ3v) is 5.82. The van der Waals surface area contributed by atoms with Crippen LogP contribution in [-0.4, -0.2) is 30.3 Å². The third kappa shape index (κ3) is 3.66. The van der Waals surface area contributed by atoms with Gasteiger partial charge >= 0.3 is 0 Å². The number of nitriles is 1. The highest BCUT2D eigenvalue weighted by atomic mass is 16.1. The number of hydrogen-bond donors (Lipinski definition) is 0. The molecule has 26 heavy (non-hydrogen) atoms. The highest BCUT2D eigenvalue weighted by Crippen LogP contribution is 2.29. The van der Waals surface area contributed by atoms with Crippen LogP contribution in [0.5, 0.6) is 0 Å². The maximum Gasteiger partial charge on any atom is 0.167 e. The van der Waals surface area contributed by atoms with E-state index in [2.05, 4.69) is 36.9 Å². The monoisotopic (exact) mass is 348 g/mol. The number of fused-ring (bicyclic) bond motifs is 1. The molecule has 2 atom stereocenters. The van der Waals surface area contributed by atoms with Crippen molar-refractivity contribution in [1.29, 1.82) is 5.26 Å². The second-order valence-electron chi connectivity index (χ2n) is 7.67. The summed E-state index contributed by atoms with van der Waals surface area (Å²) >= 11 is 0. The van der Waals surface area contributed by atoms with Gasteiger partial charge in [-0.3, -0.25) is 4.79 Å². The molecule has 1 fully saturated rings. The molecule has 1 saturated heterocycles. The van der Waals surface area contributed by atoms with E-state index in [-0.39, 0.29) is 11.7 Å². The average molecular weight is 348 g/mol. The molecule has 2 unspecified atom stereocenters. The Balaban J connectivity index is 1.91. The first-order valence-electron chi connectivity index (χ1n) is 9.71. The van der Waals surface area contributed by atoms with Crippen LogP contribution in [0.25, 0.3) is 10.8 Å². The van der Waals surface area contributed by atoms with Gasteiger partial charge in [0.25, 0.3) is 0 Å². The zero-order valence-corrected chi connectivity index (χ0v) is 16.1. The molecule has 1 heterocycles. The van der Waals surface area contributed by atoms with Crippen LogP contribution in [0.4, 0.5) is 0 Å². The topological polar surface area (TPSA) is 44.1 Å². The number of Topliss-reactive ketones (excluding diaryl/α,β-unsaturated/α-hetero) is 1. The lowest BCUT2D eigenvalue weighted by molar-refractivity contribution is 0.0720. The van der Waals surface area contributed by atoms with Crippen molar-refractivity contribution >= 4 is 16.6 Å². The Hall–Kier alpha value is -2.18. The Morgan fingerprint density at radius 1 is 1.31 bits per heavy atom. The van der Waals surface area contributed by atoms with Crippen molar-refractivity contribution in [2.75, 3.05) is 19.6 Å². The highest BCUT2D eigenvalue weighted by molar-refractivity contribution is 6.02.